The van der Waals surface area contributed by atoms with Crippen molar-refractivity contribution in [3.63, 3.8) is 0 Å². The Morgan fingerprint density at radius 1 is 1.18 bits per heavy atom. The highest BCUT2D eigenvalue weighted by Crippen LogP contribution is 2.19. The first-order valence-electron chi connectivity index (χ1n) is 5.46. The van der Waals surface area contributed by atoms with Crippen LogP contribution in [0.3, 0.4) is 0 Å². The van der Waals surface area contributed by atoms with Gasteiger partial charge in [0, 0.05) is 18.8 Å². The lowest BCUT2D eigenvalue weighted by atomic mass is 10.2. The second-order valence-electron chi connectivity index (χ2n) is 4.23. The molecule has 5 nitrogen and oxygen atoms in total. The molecule has 3 aromatic rings. The Morgan fingerprint density at radius 2 is 2.00 bits per heavy atom. The molecule has 86 valence electrons. The molecule has 3 rings (SSSR count). The molecule has 5 heteroatoms. The van der Waals surface area contributed by atoms with Gasteiger partial charge in [-0.05, 0) is 19.9 Å². The van der Waals surface area contributed by atoms with Gasteiger partial charge in [-0.25, -0.2) is 9.50 Å². The van der Waals surface area contributed by atoms with Gasteiger partial charge >= 0.3 is 0 Å². The van der Waals surface area contributed by atoms with E-state index in [-0.39, 0.29) is 0 Å². The van der Waals surface area contributed by atoms with Crippen LogP contribution in [0, 0.1) is 13.8 Å². The number of aryl methyl sites for hydroxylation is 3. The average Bonchev–Trinajstić information content (AvgIpc) is 2.83. The van der Waals surface area contributed by atoms with Crippen molar-refractivity contribution in [2.75, 3.05) is 0 Å². The highest BCUT2D eigenvalue weighted by atomic mass is 15.2. The van der Waals surface area contributed by atoms with Crippen LogP contribution in [0.5, 0.6) is 0 Å². The van der Waals surface area contributed by atoms with Crippen molar-refractivity contribution >= 4 is 5.52 Å². The number of rotatable bonds is 1. The maximum Gasteiger partial charge on any atom is 0.0921 e. The van der Waals surface area contributed by atoms with Crippen molar-refractivity contribution in [2.45, 2.75) is 13.8 Å². The lowest BCUT2D eigenvalue weighted by Crippen LogP contribution is -1.95. The Bertz CT molecular complexity index is 692. The molecule has 3 aromatic heterocycles. The summed E-state index contributed by atoms with van der Waals surface area (Å²) in [6.07, 6.45) is 5.69. The monoisotopic (exact) mass is 227 g/mol. The zero-order chi connectivity index (χ0) is 12.0. The third kappa shape index (κ3) is 1.60. The third-order valence-electron chi connectivity index (χ3n) is 2.76. The maximum absolute atomic E-state index is 4.58. The van der Waals surface area contributed by atoms with Crippen LogP contribution < -0.4 is 0 Å². The quantitative estimate of drug-likeness (QED) is 0.636. The highest BCUT2D eigenvalue weighted by Gasteiger charge is 2.08. The molecule has 0 bridgehead atoms. The molecule has 0 spiro atoms. The van der Waals surface area contributed by atoms with Crippen LogP contribution in [0.25, 0.3) is 16.8 Å². The van der Waals surface area contributed by atoms with E-state index >= 15 is 0 Å². The topological polar surface area (TPSA) is 48.0 Å². The fourth-order valence-corrected chi connectivity index (χ4v) is 1.96. The Balaban J connectivity index is 2.24. The first-order chi connectivity index (χ1) is 8.13. The van der Waals surface area contributed by atoms with E-state index < -0.39 is 0 Å². The molecular weight excluding hydrogens is 214 g/mol. The van der Waals surface area contributed by atoms with Gasteiger partial charge in [0.1, 0.15) is 0 Å². The molecule has 0 unspecified atom stereocenters. The van der Waals surface area contributed by atoms with E-state index in [9.17, 15) is 0 Å². The van der Waals surface area contributed by atoms with E-state index in [1.165, 1.54) is 0 Å². The van der Waals surface area contributed by atoms with E-state index in [1.54, 1.807) is 4.68 Å². The summed E-state index contributed by atoms with van der Waals surface area (Å²) in [6, 6.07) is 2.04. The lowest BCUT2D eigenvalue weighted by Gasteiger charge is -2.01. The number of aromatic nitrogens is 5. The van der Waals surface area contributed by atoms with Gasteiger partial charge in [0.25, 0.3) is 0 Å². The Kier molecular flexibility index (Phi) is 2.01. The van der Waals surface area contributed by atoms with Gasteiger partial charge < -0.3 is 0 Å². The van der Waals surface area contributed by atoms with Crippen molar-refractivity contribution in [3.05, 3.63) is 36.0 Å². The third-order valence-corrected chi connectivity index (χ3v) is 2.76. The first-order valence-corrected chi connectivity index (χ1v) is 5.46. The van der Waals surface area contributed by atoms with Gasteiger partial charge in [-0.1, -0.05) is 0 Å². The minimum absolute atomic E-state index is 0.895. The van der Waals surface area contributed by atoms with E-state index in [2.05, 4.69) is 15.2 Å². The first kappa shape index (κ1) is 10.0. The normalized spacial score (nSPS) is 11.2. The summed E-state index contributed by atoms with van der Waals surface area (Å²) in [7, 11) is 1.90. The molecule has 0 amide bonds. The summed E-state index contributed by atoms with van der Waals surface area (Å²) in [5.74, 6) is 0. The second-order valence-corrected chi connectivity index (χ2v) is 4.23. The summed E-state index contributed by atoms with van der Waals surface area (Å²) >= 11 is 0. The molecule has 0 aliphatic rings. The van der Waals surface area contributed by atoms with Gasteiger partial charge in [0.2, 0.25) is 0 Å². The summed E-state index contributed by atoms with van der Waals surface area (Å²) in [5.41, 5.74) is 4.93. The van der Waals surface area contributed by atoms with Crippen molar-refractivity contribution in [2.24, 2.45) is 7.05 Å². The van der Waals surface area contributed by atoms with Gasteiger partial charge in [0.15, 0.2) is 0 Å². The molecule has 0 fully saturated rings. The minimum Gasteiger partial charge on any atom is -0.275 e. The van der Waals surface area contributed by atoms with E-state index in [1.807, 2.05) is 50.1 Å². The zero-order valence-corrected chi connectivity index (χ0v) is 10.0. The zero-order valence-electron chi connectivity index (χ0n) is 10.0. The van der Waals surface area contributed by atoms with E-state index in [4.69, 9.17) is 0 Å². The van der Waals surface area contributed by atoms with Crippen LogP contribution in [-0.2, 0) is 7.05 Å². The molecule has 0 saturated heterocycles. The van der Waals surface area contributed by atoms with E-state index in [0.717, 1.165) is 28.2 Å². The minimum atomic E-state index is 0.895. The standard InChI is InChI=1S/C12H13N5/c1-8-4-12-9(2)14-11(7-17(12)15-8)10-5-13-16(3)6-10/h4-7H,1-3H3. The van der Waals surface area contributed by atoms with Gasteiger partial charge in [-0.3, -0.25) is 4.68 Å². The Morgan fingerprint density at radius 3 is 2.71 bits per heavy atom. The van der Waals surface area contributed by atoms with Crippen LogP contribution in [0.2, 0.25) is 0 Å². The van der Waals surface area contributed by atoms with Crippen molar-refractivity contribution in [3.8, 4) is 11.3 Å². The summed E-state index contributed by atoms with van der Waals surface area (Å²) in [5, 5.41) is 8.57. The molecule has 0 saturated carbocycles. The molecule has 0 aliphatic carbocycles. The number of fused-ring (bicyclic) bond motifs is 1. The summed E-state index contributed by atoms with van der Waals surface area (Å²) in [4.78, 5) is 4.58. The molecule has 0 radical (unpaired) electrons. The largest absolute Gasteiger partial charge is 0.275 e. The predicted molar refractivity (Wildman–Crippen MR) is 64.7 cm³/mol. The molecule has 0 N–H and O–H groups in total. The van der Waals surface area contributed by atoms with Crippen LogP contribution in [-0.4, -0.2) is 24.4 Å². The molecular formula is C12H13N5. The molecule has 0 atom stereocenters. The highest BCUT2D eigenvalue weighted by molar-refractivity contribution is 5.61. The molecule has 0 aromatic carbocycles. The van der Waals surface area contributed by atoms with Crippen molar-refractivity contribution in [1.82, 2.24) is 24.4 Å². The maximum atomic E-state index is 4.58. The Labute approximate surface area is 98.7 Å². The molecule has 0 aliphatic heterocycles. The molecule has 3 heterocycles. The van der Waals surface area contributed by atoms with Crippen LogP contribution in [0.4, 0.5) is 0 Å². The smallest absolute Gasteiger partial charge is 0.0921 e. The number of hydrogen-bond donors (Lipinski definition) is 0. The predicted octanol–water partition coefficient (Wildman–Crippen LogP) is 1.75. The van der Waals surface area contributed by atoms with Gasteiger partial charge in [0.05, 0.1) is 35.0 Å². The summed E-state index contributed by atoms with van der Waals surface area (Å²) in [6.45, 7) is 3.98. The fourth-order valence-electron chi connectivity index (χ4n) is 1.96. The van der Waals surface area contributed by atoms with Gasteiger partial charge in [-0.2, -0.15) is 10.2 Å². The van der Waals surface area contributed by atoms with Gasteiger partial charge in [-0.15, -0.1) is 0 Å². The fraction of sp³-hybridized carbons (Fsp3) is 0.250. The van der Waals surface area contributed by atoms with Crippen LogP contribution >= 0.6 is 0 Å². The second kappa shape index (κ2) is 3.41. The van der Waals surface area contributed by atoms with Crippen LogP contribution in [0.1, 0.15) is 11.4 Å². The van der Waals surface area contributed by atoms with Crippen LogP contribution in [0.15, 0.2) is 24.7 Å². The number of hydrogen-bond acceptors (Lipinski definition) is 3. The Hall–Kier alpha value is -2.17. The lowest BCUT2D eigenvalue weighted by molar-refractivity contribution is 0.768. The van der Waals surface area contributed by atoms with Crippen molar-refractivity contribution < 1.29 is 0 Å². The van der Waals surface area contributed by atoms with Crippen molar-refractivity contribution in [1.29, 1.82) is 0 Å². The number of nitrogens with zero attached hydrogens (tertiary/aromatic N) is 5. The molecule has 17 heavy (non-hydrogen) atoms. The summed E-state index contributed by atoms with van der Waals surface area (Å²) < 4.78 is 3.64. The average molecular weight is 227 g/mol. The SMILES string of the molecule is Cc1cc2c(C)nc(-c3cnn(C)c3)cn2n1. The van der Waals surface area contributed by atoms with E-state index in [0.29, 0.717) is 0 Å².